The van der Waals surface area contributed by atoms with Crippen LogP contribution in [-0.2, 0) is 11.2 Å². The number of carbonyl (C=O) groups excluding carboxylic acids is 1. The average Bonchev–Trinajstić information content (AvgIpc) is 2.42. The van der Waals surface area contributed by atoms with Gasteiger partial charge in [0.05, 0.1) is 0 Å². The Morgan fingerprint density at radius 3 is 2.71 bits per heavy atom. The third-order valence-corrected chi connectivity index (χ3v) is 3.15. The van der Waals surface area contributed by atoms with Crippen LogP contribution in [0, 0.1) is 11.7 Å². The summed E-state index contributed by atoms with van der Waals surface area (Å²) in [6.45, 7) is 6.78. The van der Waals surface area contributed by atoms with Crippen molar-refractivity contribution in [2.24, 2.45) is 11.7 Å². The van der Waals surface area contributed by atoms with Gasteiger partial charge in [-0.25, -0.2) is 4.39 Å². The molecule has 0 fully saturated rings. The first kappa shape index (κ1) is 17.4. The normalized spacial score (nSPS) is 12.3. The van der Waals surface area contributed by atoms with Gasteiger partial charge in [0, 0.05) is 6.54 Å². The van der Waals surface area contributed by atoms with Gasteiger partial charge in [-0.05, 0) is 43.9 Å². The number of hydrogen-bond acceptors (Lipinski definition) is 3. The summed E-state index contributed by atoms with van der Waals surface area (Å²) >= 11 is 0. The number of hydrogen-bond donors (Lipinski definition) is 2. The minimum atomic E-state index is -0.745. The second-order valence-corrected chi connectivity index (χ2v) is 5.50. The van der Waals surface area contributed by atoms with E-state index in [0.717, 1.165) is 6.42 Å². The molecule has 1 aromatic carbocycles. The van der Waals surface area contributed by atoms with Crippen LogP contribution in [0.1, 0.15) is 32.8 Å². The quantitative estimate of drug-likeness (QED) is 0.773. The summed E-state index contributed by atoms with van der Waals surface area (Å²) in [5.74, 6) is -0.0703. The fraction of sp³-hybridized carbons (Fsp3) is 0.562. The van der Waals surface area contributed by atoms with Gasteiger partial charge >= 0.3 is 0 Å². The molecule has 0 heterocycles. The van der Waals surface area contributed by atoms with Gasteiger partial charge in [0.25, 0.3) is 5.91 Å². The summed E-state index contributed by atoms with van der Waals surface area (Å²) < 4.78 is 19.4. The van der Waals surface area contributed by atoms with Gasteiger partial charge in [-0.3, -0.25) is 4.79 Å². The van der Waals surface area contributed by atoms with Crippen molar-refractivity contribution in [3.63, 3.8) is 0 Å². The minimum absolute atomic E-state index is 0.120. The van der Waals surface area contributed by atoms with Crippen molar-refractivity contribution < 1.29 is 13.9 Å². The fourth-order valence-electron chi connectivity index (χ4n) is 1.90. The van der Waals surface area contributed by atoms with Crippen molar-refractivity contribution in [1.29, 1.82) is 0 Å². The average molecular weight is 296 g/mol. The van der Waals surface area contributed by atoms with Gasteiger partial charge in [0.1, 0.15) is 0 Å². The molecule has 1 rings (SSSR count). The van der Waals surface area contributed by atoms with Gasteiger partial charge < -0.3 is 15.8 Å². The lowest BCUT2D eigenvalue weighted by Crippen LogP contribution is -2.37. The Morgan fingerprint density at radius 2 is 2.10 bits per heavy atom. The zero-order valence-corrected chi connectivity index (χ0v) is 13.0. The van der Waals surface area contributed by atoms with Gasteiger partial charge in [-0.2, -0.15) is 0 Å². The number of halogens is 1. The molecular formula is C16H25FN2O2. The highest BCUT2D eigenvalue weighted by atomic mass is 19.1. The number of amides is 1. The van der Waals surface area contributed by atoms with Crippen molar-refractivity contribution in [3.05, 3.63) is 29.6 Å². The van der Waals surface area contributed by atoms with Crippen LogP contribution in [0.4, 0.5) is 4.39 Å². The van der Waals surface area contributed by atoms with E-state index in [1.807, 2.05) is 0 Å². The van der Waals surface area contributed by atoms with Crippen LogP contribution in [0.2, 0.25) is 0 Å². The van der Waals surface area contributed by atoms with E-state index < -0.39 is 11.9 Å². The Bertz CT molecular complexity index is 464. The third kappa shape index (κ3) is 5.71. The molecule has 0 saturated carbocycles. The van der Waals surface area contributed by atoms with E-state index in [2.05, 4.69) is 19.2 Å². The summed E-state index contributed by atoms with van der Waals surface area (Å²) in [4.78, 5) is 11.9. The first-order valence-electron chi connectivity index (χ1n) is 7.37. The Balaban J connectivity index is 2.65. The number of carbonyl (C=O) groups is 1. The Labute approximate surface area is 125 Å². The minimum Gasteiger partial charge on any atom is -0.478 e. The van der Waals surface area contributed by atoms with Crippen LogP contribution in [-0.4, -0.2) is 25.1 Å². The molecule has 0 spiro atoms. The standard InChI is InChI=1S/C16H25FN2O2/c1-11(2)8-10-19-16(20)12(3)21-15-13(7-9-18)5-4-6-14(15)17/h4-6,11-12H,7-10,18H2,1-3H3,(H,19,20). The number of benzene rings is 1. The first-order valence-corrected chi connectivity index (χ1v) is 7.37. The van der Waals surface area contributed by atoms with E-state index in [1.54, 1.807) is 19.1 Å². The largest absolute Gasteiger partial charge is 0.478 e. The number of rotatable bonds is 8. The van der Waals surface area contributed by atoms with Gasteiger partial charge in [-0.1, -0.05) is 26.0 Å². The number of para-hydroxylation sites is 1. The van der Waals surface area contributed by atoms with E-state index in [0.29, 0.717) is 31.0 Å². The molecule has 1 atom stereocenters. The number of nitrogens with two attached hydrogens (primary N) is 1. The van der Waals surface area contributed by atoms with Crippen molar-refractivity contribution in [1.82, 2.24) is 5.32 Å². The summed E-state index contributed by atoms with van der Waals surface area (Å²) in [5, 5.41) is 2.79. The van der Waals surface area contributed by atoms with Crippen LogP contribution in [0.5, 0.6) is 5.75 Å². The lowest BCUT2D eigenvalue weighted by molar-refractivity contribution is -0.127. The topological polar surface area (TPSA) is 64.3 Å². The second-order valence-electron chi connectivity index (χ2n) is 5.50. The summed E-state index contributed by atoms with van der Waals surface area (Å²) in [6.07, 6.45) is 0.663. The maximum Gasteiger partial charge on any atom is 0.260 e. The number of ether oxygens (including phenoxy) is 1. The molecule has 0 aliphatic rings. The van der Waals surface area contributed by atoms with Crippen molar-refractivity contribution in [3.8, 4) is 5.75 Å². The molecule has 21 heavy (non-hydrogen) atoms. The molecule has 5 heteroatoms. The predicted molar refractivity (Wildman–Crippen MR) is 81.7 cm³/mol. The first-order chi connectivity index (χ1) is 9.95. The number of nitrogens with one attached hydrogen (secondary N) is 1. The van der Waals surface area contributed by atoms with Crippen LogP contribution < -0.4 is 15.8 Å². The highest BCUT2D eigenvalue weighted by Gasteiger charge is 2.18. The van der Waals surface area contributed by atoms with E-state index in [9.17, 15) is 9.18 Å². The van der Waals surface area contributed by atoms with Crippen molar-refractivity contribution >= 4 is 5.91 Å². The molecule has 118 valence electrons. The maximum atomic E-state index is 13.9. The second kappa shape index (κ2) is 8.62. The van der Waals surface area contributed by atoms with E-state index >= 15 is 0 Å². The molecule has 1 amide bonds. The Hall–Kier alpha value is -1.62. The highest BCUT2D eigenvalue weighted by Crippen LogP contribution is 2.24. The lowest BCUT2D eigenvalue weighted by Gasteiger charge is -2.18. The van der Waals surface area contributed by atoms with Crippen LogP contribution in [0.25, 0.3) is 0 Å². The maximum absolute atomic E-state index is 13.9. The fourth-order valence-corrected chi connectivity index (χ4v) is 1.90. The molecule has 1 unspecified atom stereocenters. The van der Waals surface area contributed by atoms with Crippen LogP contribution >= 0.6 is 0 Å². The summed E-state index contributed by atoms with van der Waals surface area (Å²) in [5.41, 5.74) is 6.19. The predicted octanol–water partition coefficient (Wildman–Crippen LogP) is 2.26. The van der Waals surface area contributed by atoms with E-state index in [-0.39, 0.29) is 11.7 Å². The smallest absolute Gasteiger partial charge is 0.260 e. The zero-order valence-electron chi connectivity index (χ0n) is 13.0. The molecule has 0 aliphatic carbocycles. The Morgan fingerprint density at radius 1 is 1.38 bits per heavy atom. The molecule has 0 bridgehead atoms. The Kier molecular flexibility index (Phi) is 7.15. The molecule has 0 aromatic heterocycles. The van der Waals surface area contributed by atoms with Crippen molar-refractivity contribution in [2.45, 2.75) is 39.7 Å². The molecule has 3 N–H and O–H groups in total. The molecule has 1 aromatic rings. The van der Waals surface area contributed by atoms with E-state index in [1.165, 1.54) is 6.07 Å². The van der Waals surface area contributed by atoms with Gasteiger partial charge in [0.15, 0.2) is 17.7 Å². The van der Waals surface area contributed by atoms with Crippen LogP contribution in [0.15, 0.2) is 18.2 Å². The monoisotopic (exact) mass is 296 g/mol. The summed E-state index contributed by atoms with van der Waals surface area (Å²) in [6, 6.07) is 4.69. The van der Waals surface area contributed by atoms with Crippen LogP contribution in [0.3, 0.4) is 0 Å². The van der Waals surface area contributed by atoms with Gasteiger partial charge in [-0.15, -0.1) is 0 Å². The SMILES string of the molecule is CC(C)CCNC(=O)C(C)Oc1c(F)cccc1CCN. The molecule has 4 nitrogen and oxygen atoms in total. The highest BCUT2D eigenvalue weighted by molar-refractivity contribution is 5.80. The zero-order chi connectivity index (χ0) is 15.8. The van der Waals surface area contributed by atoms with E-state index in [4.69, 9.17) is 10.5 Å². The summed E-state index contributed by atoms with van der Waals surface area (Å²) in [7, 11) is 0. The molecule has 0 radical (unpaired) electrons. The molecule has 0 aliphatic heterocycles. The molecule has 0 saturated heterocycles. The third-order valence-electron chi connectivity index (χ3n) is 3.15. The van der Waals surface area contributed by atoms with Crippen molar-refractivity contribution in [2.75, 3.05) is 13.1 Å². The molecular weight excluding hydrogens is 271 g/mol. The lowest BCUT2D eigenvalue weighted by atomic mass is 10.1. The van der Waals surface area contributed by atoms with Gasteiger partial charge in [0.2, 0.25) is 0 Å².